The van der Waals surface area contributed by atoms with Crippen molar-refractivity contribution in [2.45, 2.75) is 16.5 Å². The standard InChI is InChI=1S/C13H8ClN3OS2/c14-8-3-1-7(2-4-8)6-19-13-16-17-11(18)9-5-10(9)15-12(17)20-13/h1-4H,5-6H2. The van der Waals surface area contributed by atoms with E-state index in [9.17, 15) is 4.79 Å². The van der Waals surface area contributed by atoms with Gasteiger partial charge in [-0.15, -0.1) is 5.10 Å². The van der Waals surface area contributed by atoms with Crippen LogP contribution in [0.3, 0.4) is 0 Å². The van der Waals surface area contributed by atoms with Crippen LogP contribution in [0.25, 0.3) is 4.96 Å². The maximum atomic E-state index is 11.9. The van der Waals surface area contributed by atoms with E-state index in [0.717, 1.165) is 32.8 Å². The van der Waals surface area contributed by atoms with E-state index >= 15 is 0 Å². The largest absolute Gasteiger partial charge is 0.279 e. The van der Waals surface area contributed by atoms with Gasteiger partial charge in [-0.05, 0) is 17.7 Å². The molecule has 100 valence electrons. The van der Waals surface area contributed by atoms with E-state index in [-0.39, 0.29) is 5.56 Å². The number of hydrogen-bond donors (Lipinski definition) is 0. The number of thioether (sulfide) groups is 1. The van der Waals surface area contributed by atoms with Gasteiger partial charge < -0.3 is 0 Å². The number of fused-ring (bicyclic) bond motifs is 2. The molecule has 0 saturated carbocycles. The Hall–Kier alpha value is -1.37. The van der Waals surface area contributed by atoms with Gasteiger partial charge in [-0.2, -0.15) is 4.52 Å². The molecule has 0 radical (unpaired) electrons. The Labute approximate surface area is 127 Å². The molecule has 0 aliphatic heterocycles. The zero-order valence-corrected chi connectivity index (χ0v) is 12.6. The lowest BCUT2D eigenvalue weighted by atomic mass is 10.2. The Morgan fingerprint density at radius 1 is 1.35 bits per heavy atom. The molecule has 0 spiro atoms. The van der Waals surface area contributed by atoms with Gasteiger partial charge in [-0.1, -0.05) is 46.8 Å². The minimum absolute atomic E-state index is 0.0143. The Kier molecular flexibility index (Phi) is 2.83. The summed E-state index contributed by atoms with van der Waals surface area (Å²) in [6.45, 7) is 0. The van der Waals surface area contributed by atoms with Crippen LogP contribution in [0.5, 0.6) is 0 Å². The molecule has 0 N–H and O–H groups in total. The summed E-state index contributed by atoms with van der Waals surface area (Å²) < 4.78 is 2.27. The van der Waals surface area contributed by atoms with Gasteiger partial charge in [0.15, 0.2) is 4.34 Å². The van der Waals surface area contributed by atoms with E-state index in [1.54, 1.807) is 11.8 Å². The summed E-state index contributed by atoms with van der Waals surface area (Å²) in [5.41, 5.74) is 2.89. The number of aromatic nitrogens is 3. The first-order valence-electron chi connectivity index (χ1n) is 5.99. The van der Waals surface area contributed by atoms with Crippen molar-refractivity contribution >= 4 is 39.7 Å². The summed E-state index contributed by atoms with van der Waals surface area (Å²) in [7, 11) is 0. The van der Waals surface area contributed by atoms with Crippen LogP contribution in [0.4, 0.5) is 0 Å². The zero-order valence-electron chi connectivity index (χ0n) is 10.2. The Morgan fingerprint density at radius 3 is 2.95 bits per heavy atom. The van der Waals surface area contributed by atoms with Crippen LogP contribution in [-0.4, -0.2) is 14.6 Å². The fraction of sp³-hybridized carbons (Fsp3) is 0.154. The maximum absolute atomic E-state index is 11.9. The summed E-state index contributed by atoms with van der Waals surface area (Å²) in [5, 5.41) is 5.07. The van der Waals surface area contributed by atoms with Crippen LogP contribution < -0.4 is 5.56 Å². The zero-order chi connectivity index (χ0) is 13.7. The predicted molar refractivity (Wildman–Crippen MR) is 81.0 cm³/mol. The molecule has 4 rings (SSSR count). The maximum Gasteiger partial charge on any atom is 0.279 e. The summed E-state index contributed by atoms with van der Waals surface area (Å²) in [6, 6.07) is 7.73. The van der Waals surface area contributed by atoms with E-state index in [1.807, 2.05) is 24.3 Å². The molecule has 2 heterocycles. The van der Waals surface area contributed by atoms with Gasteiger partial charge in [0.05, 0.1) is 5.69 Å². The van der Waals surface area contributed by atoms with Crippen molar-refractivity contribution in [2.24, 2.45) is 0 Å². The highest BCUT2D eigenvalue weighted by atomic mass is 35.5. The Bertz CT molecular complexity index is 870. The molecule has 4 nitrogen and oxygen atoms in total. The van der Waals surface area contributed by atoms with Gasteiger partial charge in [0.25, 0.3) is 5.56 Å². The molecule has 2 aromatic heterocycles. The second kappa shape index (κ2) is 4.58. The van der Waals surface area contributed by atoms with Crippen LogP contribution in [-0.2, 0) is 12.2 Å². The molecule has 1 aliphatic carbocycles. The fourth-order valence-corrected chi connectivity index (χ4v) is 3.95. The van der Waals surface area contributed by atoms with Crippen molar-refractivity contribution in [1.29, 1.82) is 0 Å². The van der Waals surface area contributed by atoms with Gasteiger partial charge in [0, 0.05) is 22.8 Å². The highest BCUT2D eigenvalue weighted by Gasteiger charge is 2.26. The van der Waals surface area contributed by atoms with E-state index < -0.39 is 0 Å². The average Bonchev–Trinajstić information content (AvgIpc) is 3.10. The number of benzene rings is 1. The molecule has 7 heteroatoms. The topological polar surface area (TPSA) is 47.3 Å². The van der Waals surface area contributed by atoms with Crippen molar-refractivity contribution in [2.75, 3.05) is 0 Å². The summed E-state index contributed by atoms with van der Waals surface area (Å²) in [6.07, 6.45) is 0.724. The number of nitrogens with zero attached hydrogens (tertiary/aromatic N) is 3. The molecule has 20 heavy (non-hydrogen) atoms. The van der Waals surface area contributed by atoms with Gasteiger partial charge >= 0.3 is 0 Å². The normalized spacial score (nSPS) is 12.7. The first kappa shape index (κ1) is 12.4. The highest BCUT2D eigenvalue weighted by molar-refractivity contribution is 8.00. The molecule has 3 aromatic rings. The van der Waals surface area contributed by atoms with Gasteiger partial charge in [-0.3, -0.25) is 4.79 Å². The van der Waals surface area contributed by atoms with E-state index in [4.69, 9.17) is 11.6 Å². The Balaban J connectivity index is 1.59. The lowest BCUT2D eigenvalue weighted by Gasteiger charge is -1.98. The van der Waals surface area contributed by atoms with Crippen molar-refractivity contribution in [3.05, 3.63) is 56.5 Å². The quantitative estimate of drug-likeness (QED) is 0.544. The minimum Gasteiger partial charge on any atom is -0.267 e. The van der Waals surface area contributed by atoms with Crippen molar-refractivity contribution in [3.63, 3.8) is 0 Å². The first-order chi connectivity index (χ1) is 9.70. The number of rotatable bonds is 3. The SMILES string of the molecule is O=c1c2c(nc3sc(SCc4ccc(Cl)cc4)nn13)C2. The highest BCUT2D eigenvalue weighted by Crippen LogP contribution is 2.29. The monoisotopic (exact) mass is 321 g/mol. The summed E-state index contributed by atoms with van der Waals surface area (Å²) in [5.74, 6) is 0.797. The van der Waals surface area contributed by atoms with Crippen molar-refractivity contribution in [1.82, 2.24) is 14.6 Å². The van der Waals surface area contributed by atoms with E-state index in [2.05, 4.69) is 10.1 Å². The molecule has 1 aliphatic rings. The van der Waals surface area contributed by atoms with Crippen LogP contribution >= 0.6 is 34.7 Å². The summed E-state index contributed by atoms with van der Waals surface area (Å²) >= 11 is 8.92. The Morgan fingerprint density at radius 2 is 2.15 bits per heavy atom. The van der Waals surface area contributed by atoms with Crippen LogP contribution in [0.1, 0.15) is 16.8 Å². The minimum atomic E-state index is -0.0143. The predicted octanol–water partition coefficient (Wildman–Crippen LogP) is 3.00. The third kappa shape index (κ3) is 2.13. The lowest BCUT2D eigenvalue weighted by molar-refractivity contribution is 0.860. The van der Waals surface area contributed by atoms with Crippen molar-refractivity contribution < 1.29 is 0 Å². The van der Waals surface area contributed by atoms with Gasteiger partial charge in [0.1, 0.15) is 0 Å². The van der Waals surface area contributed by atoms with Crippen molar-refractivity contribution in [3.8, 4) is 0 Å². The molecular weight excluding hydrogens is 314 g/mol. The van der Waals surface area contributed by atoms with Crippen LogP contribution in [0.15, 0.2) is 33.4 Å². The van der Waals surface area contributed by atoms with Crippen LogP contribution in [0, 0.1) is 0 Å². The second-order valence-electron chi connectivity index (χ2n) is 4.50. The molecule has 0 atom stereocenters. The molecular formula is C13H8ClN3OS2. The average molecular weight is 322 g/mol. The molecule has 0 bridgehead atoms. The van der Waals surface area contributed by atoms with E-state index in [1.165, 1.54) is 21.4 Å². The molecule has 0 saturated heterocycles. The molecule has 0 unspecified atom stereocenters. The van der Waals surface area contributed by atoms with E-state index in [0.29, 0.717) is 4.96 Å². The van der Waals surface area contributed by atoms with Crippen LogP contribution in [0.2, 0.25) is 5.02 Å². The molecule has 0 amide bonds. The fourth-order valence-electron chi connectivity index (χ4n) is 1.93. The molecule has 1 aromatic carbocycles. The third-order valence-electron chi connectivity index (χ3n) is 3.07. The lowest BCUT2D eigenvalue weighted by Crippen LogP contribution is -2.13. The second-order valence-corrected chi connectivity index (χ2v) is 7.11. The third-order valence-corrected chi connectivity index (χ3v) is 5.43. The number of hydrogen-bond acceptors (Lipinski definition) is 5. The van der Waals surface area contributed by atoms with Gasteiger partial charge in [0.2, 0.25) is 4.96 Å². The molecule has 0 fully saturated rings. The number of halogens is 1. The van der Waals surface area contributed by atoms with Gasteiger partial charge in [-0.25, -0.2) is 4.98 Å². The summed E-state index contributed by atoms with van der Waals surface area (Å²) in [4.78, 5) is 17.0. The smallest absolute Gasteiger partial charge is 0.267 e. The first-order valence-corrected chi connectivity index (χ1v) is 8.17.